The Kier molecular flexibility index (Phi) is 7.62. The Balaban J connectivity index is 1.42. The van der Waals surface area contributed by atoms with E-state index in [4.69, 9.17) is 4.74 Å². The molecule has 226 valence electrons. The zero-order valence-corrected chi connectivity index (χ0v) is 24.9. The van der Waals surface area contributed by atoms with Gasteiger partial charge in [-0.15, -0.1) is 0 Å². The number of hydrogen-bond donors (Lipinski definition) is 1. The van der Waals surface area contributed by atoms with Gasteiger partial charge in [-0.3, -0.25) is 23.7 Å². The summed E-state index contributed by atoms with van der Waals surface area (Å²) in [5.41, 5.74) is 0.506. The first-order valence-electron chi connectivity index (χ1n) is 13.4. The standard InChI is InChI=1S/C31H24F3N3O5S2/c1-16-11-13-17(14-12-16)37-27(39)24-23(18-7-3-6-10-21(18)42-2)26-29(43-25(24)28(37)40)36(30(41)44-26)15-22(38)35-20-9-5-4-8-19(20)31(32,33)34/h3-14,23-25H,15H2,1-2H3,(H,35,38)/t23-,24-,25+/m0/s1. The van der Waals surface area contributed by atoms with Crippen molar-refractivity contribution in [3.05, 3.63) is 104 Å². The van der Waals surface area contributed by atoms with Gasteiger partial charge in [0.15, 0.2) is 0 Å². The van der Waals surface area contributed by atoms with Gasteiger partial charge < -0.3 is 10.1 Å². The maximum Gasteiger partial charge on any atom is 0.418 e. The number of rotatable bonds is 6. The second-order valence-corrected chi connectivity index (χ2v) is 12.5. The number of amides is 3. The Morgan fingerprint density at radius 3 is 2.34 bits per heavy atom. The fraction of sp³-hybridized carbons (Fsp3) is 0.226. The molecule has 1 aromatic heterocycles. The van der Waals surface area contributed by atoms with E-state index in [0.29, 0.717) is 26.9 Å². The number of aryl methyl sites for hydroxylation is 1. The number of benzene rings is 3. The fourth-order valence-electron chi connectivity index (χ4n) is 5.63. The van der Waals surface area contributed by atoms with E-state index in [1.54, 1.807) is 48.5 Å². The number of carbonyl (C=O) groups excluding carboxylic acids is 3. The number of thioether (sulfide) groups is 1. The summed E-state index contributed by atoms with van der Waals surface area (Å²) in [6, 6.07) is 18.5. The molecule has 1 fully saturated rings. The van der Waals surface area contributed by atoms with Gasteiger partial charge in [0.25, 0.3) is 0 Å². The number of nitrogens with one attached hydrogen (secondary N) is 1. The van der Waals surface area contributed by atoms with Crippen molar-refractivity contribution in [2.45, 2.75) is 35.8 Å². The fourth-order valence-corrected chi connectivity index (χ4v) is 8.40. The molecule has 2 aliphatic rings. The van der Waals surface area contributed by atoms with Crippen molar-refractivity contribution in [3.8, 4) is 5.75 Å². The number of nitrogens with zero attached hydrogens (tertiary/aromatic N) is 2. The molecule has 1 saturated heterocycles. The number of thiazole rings is 1. The predicted molar refractivity (Wildman–Crippen MR) is 160 cm³/mol. The maximum atomic E-state index is 14.0. The smallest absolute Gasteiger partial charge is 0.418 e. The minimum Gasteiger partial charge on any atom is -0.496 e. The zero-order valence-electron chi connectivity index (χ0n) is 23.3. The first-order valence-corrected chi connectivity index (χ1v) is 15.1. The average molecular weight is 640 g/mol. The van der Waals surface area contributed by atoms with Crippen molar-refractivity contribution < 1.29 is 32.3 Å². The third-order valence-electron chi connectivity index (χ3n) is 7.62. The molecule has 44 heavy (non-hydrogen) atoms. The Bertz CT molecular complexity index is 1850. The molecule has 3 heterocycles. The van der Waals surface area contributed by atoms with E-state index >= 15 is 0 Å². The van der Waals surface area contributed by atoms with Crippen LogP contribution in [0.2, 0.25) is 0 Å². The molecule has 0 aliphatic carbocycles. The highest BCUT2D eigenvalue weighted by Crippen LogP contribution is 2.55. The van der Waals surface area contributed by atoms with Crippen LogP contribution in [0.4, 0.5) is 24.5 Å². The molecular weight excluding hydrogens is 615 g/mol. The molecule has 0 unspecified atom stereocenters. The van der Waals surface area contributed by atoms with Gasteiger partial charge in [-0.1, -0.05) is 71.1 Å². The maximum absolute atomic E-state index is 14.0. The van der Waals surface area contributed by atoms with Crippen LogP contribution in [-0.4, -0.2) is 34.6 Å². The molecule has 8 nitrogen and oxygen atoms in total. The lowest BCUT2D eigenvalue weighted by Gasteiger charge is -2.31. The number of ether oxygens (including phenoxy) is 1. The van der Waals surface area contributed by atoms with Crippen molar-refractivity contribution in [1.82, 2.24) is 4.57 Å². The van der Waals surface area contributed by atoms with Crippen molar-refractivity contribution in [2.75, 3.05) is 17.3 Å². The van der Waals surface area contributed by atoms with Gasteiger partial charge in [0.05, 0.1) is 35.0 Å². The number of carbonyl (C=O) groups is 3. The van der Waals surface area contributed by atoms with Crippen LogP contribution in [-0.2, 0) is 27.1 Å². The Hall–Kier alpha value is -4.36. The lowest BCUT2D eigenvalue weighted by atomic mass is 9.82. The van der Waals surface area contributed by atoms with Gasteiger partial charge in [0.2, 0.25) is 17.7 Å². The Morgan fingerprint density at radius 2 is 1.64 bits per heavy atom. The van der Waals surface area contributed by atoms with Crippen LogP contribution in [0.1, 0.15) is 27.5 Å². The molecule has 3 amide bonds. The van der Waals surface area contributed by atoms with E-state index in [2.05, 4.69) is 5.32 Å². The number of imide groups is 1. The summed E-state index contributed by atoms with van der Waals surface area (Å²) in [6.45, 7) is 1.30. The van der Waals surface area contributed by atoms with E-state index in [-0.39, 0.29) is 0 Å². The number of alkyl halides is 3. The van der Waals surface area contributed by atoms with Crippen LogP contribution in [0.15, 0.2) is 82.6 Å². The lowest BCUT2D eigenvalue weighted by Crippen LogP contribution is -2.33. The molecule has 2 aliphatic heterocycles. The Labute approximate surface area is 257 Å². The van der Waals surface area contributed by atoms with Crippen molar-refractivity contribution in [1.29, 1.82) is 0 Å². The van der Waals surface area contributed by atoms with Gasteiger partial charge in [-0.2, -0.15) is 13.2 Å². The molecule has 0 saturated carbocycles. The second kappa shape index (κ2) is 11.3. The summed E-state index contributed by atoms with van der Waals surface area (Å²) in [6.07, 6.45) is -4.70. The molecule has 3 atom stereocenters. The minimum absolute atomic E-state index is 0.309. The van der Waals surface area contributed by atoms with Crippen molar-refractivity contribution >= 4 is 52.2 Å². The topological polar surface area (TPSA) is 97.7 Å². The number of anilines is 2. The van der Waals surface area contributed by atoms with Gasteiger partial charge >= 0.3 is 11.0 Å². The number of methoxy groups -OCH3 is 1. The second-order valence-electron chi connectivity index (χ2n) is 10.3. The van der Waals surface area contributed by atoms with Crippen LogP contribution in [0.5, 0.6) is 5.75 Å². The van der Waals surface area contributed by atoms with E-state index in [1.165, 1.54) is 19.2 Å². The highest BCUT2D eigenvalue weighted by molar-refractivity contribution is 8.00. The molecule has 1 N–H and O–H groups in total. The van der Waals surface area contributed by atoms with Crippen LogP contribution in [0.3, 0.4) is 0 Å². The largest absolute Gasteiger partial charge is 0.496 e. The molecule has 0 spiro atoms. The molecule has 13 heteroatoms. The highest BCUT2D eigenvalue weighted by Gasteiger charge is 2.57. The van der Waals surface area contributed by atoms with Crippen molar-refractivity contribution in [3.63, 3.8) is 0 Å². The number of hydrogen-bond acceptors (Lipinski definition) is 7. The normalized spacial score (nSPS) is 19.5. The van der Waals surface area contributed by atoms with Gasteiger partial charge in [-0.05, 0) is 37.3 Å². The van der Waals surface area contributed by atoms with Crippen LogP contribution in [0.25, 0.3) is 0 Å². The molecule has 3 aromatic carbocycles. The summed E-state index contributed by atoms with van der Waals surface area (Å²) in [5, 5.41) is 1.65. The summed E-state index contributed by atoms with van der Waals surface area (Å²) in [7, 11) is 1.48. The van der Waals surface area contributed by atoms with E-state index < -0.39 is 63.7 Å². The number of halogens is 3. The van der Waals surface area contributed by atoms with Crippen LogP contribution < -0.4 is 19.8 Å². The predicted octanol–water partition coefficient (Wildman–Crippen LogP) is 5.68. The summed E-state index contributed by atoms with van der Waals surface area (Å²) in [4.78, 5) is 55.4. The highest BCUT2D eigenvalue weighted by atomic mass is 32.2. The van der Waals surface area contributed by atoms with E-state index in [0.717, 1.165) is 50.3 Å². The lowest BCUT2D eigenvalue weighted by molar-refractivity contribution is -0.137. The monoisotopic (exact) mass is 639 g/mol. The number of para-hydroxylation sites is 2. The molecule has 0 radical (unpaired) electrons. The van der Waals surface area contributed by atoms with Gasteiger partial charge in [0.1, 0.15) is 17.5 Å². The summed E-state index contributed by atoms with van der Waals surface area (Å²) >= 11 is 1.85. The summed E-state index contributed by atoms with van der Waals surface area (Å²) in [5.74, 6) is -2.92. The third-order valence-corrected chi connectivity index (χ3v) is 10.2. The van der Waals surface area contributed by atoms with E-state index in [9.17, 15) is 32.3 Å². The molecule has 0 bridgehead atoms. The first-order chi connectivity index (χ1) is 21.0. The van der Waals surface area contributed by atoms with Crippen LogP contribution >= 0.6 is 23.1 Å². The van der Waals surface area contributed by atoms with E-state index in [1.807, 2.05) is 6.92 Å². The summed E-state index contributed by atoms with van der Waals surface area (Å²) < 4.78 is 47.3. The molecule has 4 aromatic rings. The number of aromatic nitrogens is 1. The van der Waals surface area contributed by atoms with Crippen LogP contribution in [0, 0.1) is 12.8 Å². The quantitative estimate of drug-likeness (QED) is 0.273. The zero-order chi connectivity index (χ0) is 31.3. The van der Waals surface area contributed by atoms with Gasteiger partial charge in [-0.25, -0.2) is 4.90 Å². The third kappa shape index (κ3) is 5.09. The SMILES string of the molecule is COc1ccccc1[C@@H]1c2sc(=O)n(CC(=O)Nc3ccccc3C(F)(F)F)c2S[C@H]2C(=O)N(c3ccc(C)cc3)C(=O)[C@@H]12. The minimum atomic E-state index is -4.70. The molecule has 6 rings (SSSR count). The van der Waals surface area contributed by atoms with Crippen molar-refractivity contribution in [2.24, 2.45) is 5.92 Å². The Morgan fingerprint density at radius 1 is 0.955 bits per heavy atom. The first kappa shape index (κ1) is 29.7. The average Bonchev–Trinajstić information content (AvgIpc) is 3.43. The van der Waals surface area contributed by atoms with Gasteiger partial charge in [0, 0.05) is 16.4 Å². The number of fused-ring (bicyclic) bond motifs is 2. The molecular formula is C31H24F3N3O5S2.